The first-order chi connectivity index (χ1) is 17.8. The van der Waals surface area contributed by atoms with Crippen molar-refractivity contribution in [3.05, 3.63) is 86.3 Å². The van der Waals surface area contributed by atoms with Gasteiger partial charge in [-0.1, -0.05) is 29.8 Å². The molecule has 0 bridgehead atoms. The number of hydrogen-bond acceptors (Lipinski definition) is 6. The molecule has 0 saturated heterocycles. The number of carbonyl (C=O) groups excluding carboxylic acids is 2. The minimum absolute atomic E-state index is 0.00249. The highest BCUT2D eigenvalue weighted by atomic mass is 79.9. The van der Waals surface area contributed by atoms with Gasteiger partial charge in [-0.2, -0.15) is 10.4 Å². The highest BCUT2D eigenvalue weighted by Gasteiger charge is 2.12. The number of ether oxygens (including phenoxy) is 2. The van der Waals surface area contributed by atoms with Gasteiger partial charge in [0.05, 0.1) is 29.4 Å². The lowest BCUT2D eigenvalue weighted by Gasteiger charge is -2.13. The predicted molar refractivity (Wildman–Crippen MR) is 146 cm³/mol. The molecule has 0 unspecified atom stereocenters. The zero-order valence-electron chi connectivity index (χ0n) is 20.2. The van der Waals surface area contributed by atoms with Crippen molar-refractivity contribution in [2.45, 2.75) is 26.4 Å². The van der Waals surface area contributed by atoms with E-state index in [1.807, 2.05) is 19.1 Å². The molecule has 2 N–H and O–H groups in total. The minimum atomic E-state index is -0.401. The van der Waals surface area contributed by atoms with Crippen molar-refractivity contribution < 1.29 is 19.1 Å². The molecule has 0 fully saturated rings. The Bertz CT molecular complexity index is 1350. The average molecular weight is 584 g/mol. The fourth-order valence-corrected chi connectivity index (χ4v) is 3.90. The van der Waals surface area contributed by atoms with Gasteiger partial charge in [-0.05, 0) is 75.9 Å². The first-order valence-electron chi connectivity index (χ1n) is 11.2. The second-order valence-corrected chi connectivity index (χ2v) is 9.20. The van der Waals surface area contributed by atoms with E-state index in [-0.39, 0.29) is 25.4 Å². The predicted octanol–water partition coefficient (Wildman–Crippen LogP) is 5.74. The molecule has 190 valence electrons. The largest absolute Gasteiger partial charge is 0.493 e. The average Bonchev–Trinajstić information content (AvgIpc) is 2.89. The van der Waals surface area contributed by atoms with Crippen molar-refractivity contribution in [1.29, 1.82) is 5.26 Å². The number of benzene rings is 3. The van der Waals surface area contributed by atoms with Crippen LogP contribution in [-0.4, -0.2) is 25.1 Å². The Hall–Kier alpha value is -3.87. The molecule has 0 aliphatic carbocycles. The number of aryl methyl sites for hydroxylation is 1. The molecule has 0 aromatic heterocycles. The molecule has 3 aromatic carbocycles. The van der Waals surface area contributed by atoms with Crippen molar-refractivity contribution in [2.24, 2.45) is 5.10 Å². The van der Waals surface area contributed by atoms with Crippen molar-refractivity contribution in [1.82, 2.24) is 5.43 Å². The van der Waals surface area contributed by atoms with Gasteiger partial charge < -0.3 is 14.8 Å². The molecule has 0 aliphatic rings. The summed E-state index contributed by atoms with van der Waals surface area (Å²) in [6, 6.07) is 17.9. The number of nitriles is 1. The third-order valence-electron chi connectivity index (χ3n) is 5.16. The lowest BCUT2D eigenvalue weighted by atomic mass is 10.1. The van der Waals surface area contributed by atoms with E-state index in [0.717, 1.165) is 11.1 Å². The van der Waals surface area contributed by atoms with Gasteiger partial charge >= 0.3 is 0 Å². The van der Waals surface area contributed by atoms with Crippen molar-refractivity contribution in [3.8, 4) is 17.6 Å². The summed E-state index contributed by atoms with van der Waals surface area (Å²) in [6.07, 6.45) is 1.43. The maximum absolute atomic E-state index is 12.1. The molecule has 0 spiro atoms. The second kappa shape index (κ2) is 13.4. The van der Waals surface area contributed by atoms with Crippen LogP contribution in [-0.2, 0) is 16.2 Å². The SMILES string of the molecule is COc1cc(C=NNC(=O)CCC(=O)Nc2ccc(C)c(Cl)c2)cc(Br)c1OCc1ccc(C#N)cc1. The van der Waals surface area contributed by atoms with E-state index in [2.05, 4.69) is 37.8 Å². The summed E-state index contributed by atoms with van der Waals surface area (Å²) >= 11 is 9.54. The fourth-order valence-electron chi connectivity index (χ4n) is 3.14. The monoisotopic (exact) mass is 582 g/mol. The van der Waals surface area contributed by atoms with Gasteiger partial charge in [-0.3, -0.25) is 9.59 Å². The summed E-state index contributed by atoms with van der Waals surface area (Å²) < 4.78 is 12.0. The Kier molecular flexibility index (Phi) is 10.1. The molecule has 3 aromatic rings. The highest BCUT2D eigenvalue weighted by molar-refractivity contribution is 9.10. The molecular formula is C27H24BrClN4O4. The zero-order chi connectivity index (χ0) is 26.8. The van der Waals surface area contributed by atoms with Crippen LogP contribution in [0.4, 0.5) is 5.69 Å². The van der Waals surface area contributed by atoms with E-state index in [1.165, 1.54) is 13.3 Å². The Morgan fingerprint density at radius 2 is 1.84 bits per heavy atom. The number of anilines is 1. The lowest BCUT2D eigenvalue weighted by Crippen LogP contribution is -2.20. The van der Waals surface area contributed by atoms with Crippen LogP contribution in [0, 0.1) is 18.3 Å². The quantitative estimate of drug-likeness (QED) is 0.233. The van der Waals surface area contributed by atoms with Gasteiger partial charge in [-0.15, -0.1) is 0 Å². The molecule has 0 aliphatic heterocycles. The van der Waals surface area contributed by atoms with E-state index >= 15 is 0 Å². The molecule has 0 atom stereocenters. The summed E-state index contributed by atoms with van der Waals surface area (Å²) in [7, 11) is 1.52. The van der Waals surface area contributed by atoms with Crippen LogP contribution in [0.3, 0.4) is 0 Å². The zero-order valence-corrected chi connectivity index (χ0v) is 22.5. The smallest absolute Gasteiger partial charge is 0.240 e. The molecule has 37 heavy (non-hydrogen) atoms. The van der Waals surface area contributed by atoms with E-state index in [0.29, 0.717) is 37.8 Å². The molecule has 0 heterocycles. The topological polar surface area (TPSA) is 113 Å². The number of halogens is 2. The van der Waals surface area contributed by atoms with Crippen LogP contribution in [0.1, 0.15) is 35.1 Å². The first-order valence-corrected chi connectivity index (χ1v) is 12.3. The second-order valence-electron chi connectivity index (χ2n) is 7.94. The Labute approximate surface area is 228 Å². The number of hydrazone groups is 1. The number of nitrogens with one attached hydrogen (secondary N) is 2. The minimum Gasteiger partial charge on any atom is -0.493 e. The number of rotatable bonds is 10. The summed E-state index contributed by atoms with van der Waals surface area (Å²) in [5.74, 6) is 0.281. The van der Waals surface area contributed by atoms with Crippen LogP contribution in [0.15, 0.2) is 64.2 Å². The third-order valence-corrected chi connectivity index (χ3v) is 6.15. The Balaban J connectivity index is 1.51. The van der Waals surface area contributed by atoms with Crippen LogP contribution in [0.2, 0.25) is 5.02 Å². The Morgan fingerprint density at radius 3 is 2.51 bits per heavy atom. The maximum Gasteiger partial charge on any atom is 0.240 e. The third kappa shape index (κ3) is 8.34. The maximum atomic E-state index is 12.1. The van der Waals surface area contributed by atoms with Crippen LogP contribution in [0.5, 0.6) is 11.5 Å². The molecule has 3 rings (SSSR count). The van der Waals surface area contributed by atoms with Gasteiger partial charge in [0.25, 0.3) is 0 Å². The molecule has 0 saturated carbocycles. The van der Waals surface area contributed by atoms with Crippen LogP contribution >= 0.6 is 27.5 Å². The van der Waals surface area contributed by atoms with Crippen molar-refractivity contribution in [2.75, 3.05) is 12.4 Å². The van der Waals surface area contributed by atoms with E-state index in [4.69, 9.17) is 26.3 Å². The summed E-state index contributed by atoms with van der Waals surface area (Å²) in [5, 5.41) is 16.1. The van der Waals surface area contributed by atoms with Gasteiger partial charge in [-0.25, -0.2) is 5.43 Å². The number of carbonyl (C=O) groups is 2. The van der Waals surface area contributed by atoms with Gasteiger partial charge in [0.1, 0.15) is 6.61 Å². The van der Waals surface area contributed by atoms with Crippen molar-refractivity contribution >= 4 is 51.2 Å². The fraction of sp³-hybridized carbons (Fsp3) is 0.185. The number of methoxy groups -OCH3 is 1. The van der Waals surface area contributed by atoms with Gasteiger partial charge in [0.15, 0.2) is 11.5 Å². The molecule has 2 amide bonds. The highest BCUT2D eigenvalue weighted by Crippen LogP contribution is 2.36. The molecule has 10 heteroatoms. The van der Waals surface area contributed by atoms with E-state index in [9.17, 15) is 9.59 Å². The number of hydrogen-bond donors (Lipinski definition) is 2. The Morgan fingerprint density at radius 1 is 1.11 bits per heavy atom. The normalized spacial score (nSPS) is 10.6. The first kappa shape index (κ1) is 27.7. The molecular weight excluding hydrogens is 560 g/mol. The molecule has 8 nitrogen and oxygen atoms in total. The van der Waals surface area contributed by atoms with E-state index < -0.39 is 5.91 Å². The number of nitrogens with zero attached hydrogens (tertiary/aromatic N) is 2. The standard InChI is InChI=1S/C27H24BrClN4O4/c1-17-3-8-21(13-23(17)29)32-25(34)9-10-26(35)33-31-15-20-11-22(28)27(24(12-20)36-2)37-16-19-6-4-18(14-30)5-7-19/h3-8,11-13,15H,9-10,16H2,1-2H3,(H,32,34)(H,33,35). The lowest BCUT2D eigenvalue weighted by molar-refractivity contribution is -0.124. The molecule has 0 radical (unpaired) electrons. The number of amides is 2. The van der Waals surface area contributed by atoms with Crippen LogP contribution < -0.4 is 20.2 Å². The summed E-state index contributed by atoms with van der Waals surface area (Å²) in [6.45, 7) is 2.16. The summed E-state index contributed by atoms with van der Waals surface area (Å²) in [4.78, 5) is 24.2. The van der Waals surface area contributed by atoms with Crippen molar-refractivity contribution in [3.63, 3.8) is 0 Å². The van der Waals surface area contributed by atoms with Crippen LogP contribution in [0.25, 0.3) is 0 Å². The van der Waals surface area contributed by atoms with Gasteiger partial charge in [0.2, 0.25) is 11.8 Å². The summed E-state index contributed by atoms with van der Waals surface area (Å²) in [5.41, 5.74) is 6.03. The van der Waals surface area contributed by atoms with Gasteiger partial charge in [0, 0.05) is 23.6 Å². The van der Waals surface area contributed by atoms with E-state index in [1.54, 1.807) is 42.5 Å².